The van der Waals surface area contributed by atoms with E-state index in [2.05, 4.69) is 10.4 Å². The lowest BCUT2D eigenvalue weighted by atomic mass is 10.1. The van der Waals surface area contributed by atoms with Crippen molar-refractivity contribution in [3.05, 3.63) is 42.1 Å². The molecule has 1 aliphatic heterocycles. The molecule has 2 aromatic heterocycles. The van der Waals surface area contributed by atoms with E-state index in [1.165, 1.54) is 6.26 Å². The number of hydrogen-bond acceptors (Lipinski definition) is 4. The average molecular weight is 330 g/mol. The number of piperidine rings is 1. The van der Waals surface area contributed by atoms with Crippen molar-refractivity contribution in [3.8, 4) is 0 Å². The van der Waals surface area contributed by atoms with E-state index in [9.17, 15) is 9.59 Å². The highest BCUT2D eigenvalue weighted by molar-refractivity contribution is 5.93. The fourth-order valence-corrected chi connectivity index (χ4v) is 2.84. The summed E-state index contributed by atoms with van der Waals surface area (Å²) < 4.78 is 6.92. The number of aromatic nitrogens is 2. The maximum atomic E-state index is 12.3. The third-order valence-electron chi connectivity index (χ3n) is 4.15. The molecule has 1 atom stereocenters. The number of amides is 2. The van der Waals surface area contributed by atoms with Gasteiger partial charge in [-0.15, -0.1) is 0 Å². The van der Waals surface area contributed by atoms with Crippen molar-refractivity contribution in [1.82, 2.24) is 20.0 Å². The molecule has 3 rings (SSSR count). The third kappa shape index (κ3) is 3.50. The molecular weight excluding hydrogens is 308 g/mol. The number of nitrogens with one attached hydrogen (secondary N) is 1. The van der Waals surface area contributed by atoms with Gasteiger partial charge in [-0.25, -0.2) is 0 Å². The smallest absolute Gasteiger partial charge is 0.289 e. The average Bonchev–Trinajstić information content (AvgIpc) is 3.26. The van der Waals surface area contributed by atoms with E-state index in [1.54, 1.807) is 34.0 Å². The van der Waals surface area contributed by atoms with Gasteiger partial charge in [-0.1, -0.05) is 0 Å². The molecule has 3 heterocycles. The summed E-state index contributed by atoms with van der Waals surface area (Å²) in [5.41, 5.74) is 0.401. The van der Waals surface area contributed by atoms with Gasteiger partial charge in [0.25, 0.3) is 11.8 Å². The zero-order valence-corrected chi connectivity index (χ0v) is 13.9. The highest BCUT2D eigenvalue weighted by atomic mass is 16.3. The molecule has 1 fully saturated rings. The van der Waals surface area contributed by atoms with Gasteiger partial charge in [0, 0.05) is 31.4 Å². The van der Waals surface area contributed by atoms with Crippen LogP contribution in [0.5, 0.6) is 0 Å². The molecule has 128 valence electrons. The first-order valence-corrected chi connectivity index (χ1v) is 8.23. The van der Waals surface area contributed by atoms with Crippen LogP contribution in [0.15, 0.2) is 35.1 Å². The van der Waals surface area contributed by atoms with Gasteiger partial charge >= 0.3 is 0 Å². The standard InChI is InChI=1S/C17H22N4O3/c1-12(2)21-9-7-14(19-21)16(22)18-13-5-3-8-20(11-13)17(23)15-6-4-10-24-15/h4,6-7,9-10,12-13H,3,5,8,11H2,1-2H3,(H,18,22)/t13-/m1/s1. The van der Waals surface area contributed by atoms with Crippen LogP contribution >= 0.6 is 0 Å². The Morgan fingerprint density at radius 1 is 1.38 bits per heavy atom. The zero-order chi connectivity index (χ0) is 17.1. The van der Waals surface area contributed by atoms with Gasteiger partial charge in [0.2, 0.25) is 0 Å². The van der Waals surface area contributed by atoms with Gasteiger partial charge in [-0.05, 0) is 44.9 Å². The molecule has 0 aromatic carbocycles. The van der Waals surface area contributed by atoms with Gasteiger partial charge in [0.1, 0.15) is 5.69 Å². The van der Waals surface area contributed by atoms with E-state index in [0.29, 0.717) is 24.5 Å². The summed E-state index contributed by atoms with van der Waals surface area (Å²) >= 11 is 0. The molecule has 1 aliphatic rings. The molecular formula is C17H22N4O3. The summed E-state index contributed by atoms with van der Waals surface area (Å²) in [7, 11) is 0. The van der Waals surface area contributed by atoms with Gasteiger partial charge in [-0.3, -0.25) is 14.3 Å². The second-order valence-corrected chi connectivity index (χ2v) is 6.32. The molecule has 0 aliphatic carbocycles. The van der Waals surface area contributed by atoms with E-state index in [4.69, 9.17) is 4.42 Å². The van der Waals surface area contributed by atoms with Gasteiger partial charge in [0.15, 0.2) is 5.76 Å². The molecule has 1 saturated heterocycles. The Kier molecular flexibility index (Phi) is 4.69. The van der Waals surface area contributed by atoms with Gasteiger partial charge in [0.05, 0.1) is 6.26 Å². The fourth-order valence-electron chi connectivity index (χ4n) is 2.84. The second kappa shape index (κ2) is 6.90. The van der Waals surface area contributed by atoms with Crippen molar-refractivity contribution in [2.75, 3.05) is 13.1 Å². The minimum atomic E-state index is -0.202. The topological polar surface area (TPSA) is 80.4 Å². The number of carbonyl (C=O) groups is 2. The second-order valence-electron chi connectivity index (χ2n) is 6.32. The quantitative estimate of drug-likeness (QED) is 0.931. The molecule has 7 nitrogen and oxygen atoms in total. The summed E-state index contributed by atoms with van der Waals surface area (Å²) in [6.45, 7) is 5.17. The summed E-state index contributed by atoms with van der Waals surface area (Å²) in [4.78, 5) is 26.4. The van der Waals surface area contributed by atoms with Crippen molar-refractivity contribution in [2.45, 2.75) is 38.8 Å². The SMILES string of the molecule is CC(C)n1ccc(C(=O)N[C@@H]2CCCN(C(=O)c3ccco3)C2)n1. The Labute approximate surface area is 140 Å². The lowest BCUT2D eigenvalue weighted by Gasteiger charge is -2.32. The van der Waals surface area contributed by atoms with Crippen LogP contribution in [0, 0.1) is 0 Å². The number of carbonyl (C=O) groups excluding carboxylic acids is 2. The van der Waals surface area contributed by atoms with E-state index < -0.39 is 0 Å². The van der Waals surface area contributed by atoms with Crippen LogP contribution in [-0.4, -0.2) is 45.6 Å². The molecule has 0 radical (unpaired) electrons. The molecule has 1 N–H and O–H groups in total. The maximum absolute atomic E-state index is 12.3. The van der Waals surface area contributed by atoms with Crippen molar-refractivity contribution in [3.63, 3.8) is 0 Å². The predicted molar refractivity (Wildman–Crippen MR) is 87.7 cm³/mol. The molecule has 2 amide bonds. The van der Waals surface area contributed by atoms with Crippen molar-refractivity contribution in [2.24, 2.45) is 0 Å². The Morgan fingerprint density at radius 3 is 2.88 bits per heavy atom. The Bertz CT molecular complexity index is 705. The minimum absolute atomic E-state index is 0.0747. The van der Waals surface area contributed by atoms with Gasteiger partial charge < -0.3 is 14.6 Å². The summed E-state index contributed by atoms with van der Waals surface area (Å²) in [6.07, 6.45) is 4.98. The number of hydrogen-bond donors (Lipinski definition) is 1. The molecule has 24 heavy (non-hydrogen) atoms. The molecule has 0 unspecified atom stereocenters. The maximum Gasteiger partial charge on any atom is 0.289 e. The Morgan fingerprint density at radius 2 is 2.21 bits per heavy atom. The van der Waals surface area contributed by atoms with Crippen LogP contribution in [0.1, 0.15) is 53.8 Å². The number of furan rings is 1. The van der Waals surface area contributed by atoms with E-state index >= 15 is 0 Å². The van der Waals surface area contributed by atoms with Crippen molar-refractivity contribution < 1.29 is 14.0 Å². The minimum Gasteiger partial charge on any atom is -0.459 e. The number of rotatable bonds is 4. The van der Waals surface area contributed by atoms with Crippen LogP contribution in [0.3, 0.4) is 0 Å². The fraction of sp³-hybridized carbons (Fsp3) is 0.471. The summed E-state index contributed by atoms with van der Waals surface area (Å²) in [5.74, 6) is -0.00705. The largest absolute Gasteiger partial charge is 0.459 e. The van der Waals surface area contributed by atoms with Gasteiger partial charge in [-0.2, -0.15) is 5.10 Å². The lowest BCUT2D eigenvalue weighted by molar-refractivity contribution is 0.0646. The van der Waals surface area contributed by atoms with E-state index in [1.807, 2.05) is 13.8 Å². The van der Waals surface area contributed by atoms with Crippen LogP contribution in [0.2, 0.25) is 0 Å². The highest BCUT2D eigenvalue weighted by Gasteiger charge is 2.27. The summed E-state index contributed by atoms with van der Waals surface area (Å²) in [6, 6.07) is 5.20. The van der Waals surface area contributed by atoms with E-state index in [0.717, 1.165) is 12.8 Å². The Hall–Kier alpha value is -2.57. The van der Waals surface area contributed by atoms with E-state index in [-0.39, 0.29) is 23.9 Å². The predicted octanol–water partition coefficient (Wildman–Crippen LogP) is 2.09. The van der Waals surface area contributed by atoms with Crippen molar-refractivity contribution >= 4 is 11.8 Å². The Balaban J connectivity index is 1.60. The lowest BCUT2D eigenvalue weighted by Crippen LogP contribution is -2.49. The first kappa shape index (κ1) is 16.3. The molecule has 0 saturated carbocycles. The van der Waals surface area contributed by atoms with Crippen molar-refractivity contribution in [1.29, 1.82) is 0 Å². The number of nitrogens with zero attached hydrogens (tertiary/aromatic N) is 3. The molecule has 2 aromatic rings. The normalized spacial score (nSPS) is 18.0. The first-order chi connectivity index (χ1) is 11.5. The van der Waals surface area contributed by atoms with Crippen LogP contribution < -0.4 is 5.32 Å². The summed E-state index contributed by atoms with van der Waals surface area (Å²) in [5, 5.41) is 7.26. The highest BCUT2D eigenvalue weighted by Crippen LogP contribution is 2.15. The van der Waals surface area contributed by atoms with Crippen LogP contribution in [0.25, 0.3) is 0 Å². The molecule has 0 spiro atoms. The zero-order valence-electron chi connectivity index (χ0n) is 13.9. The molecule has 0 bridgehead atoms. The third-order valence-corrected chi connectivity index (χ3v) is 4.15. The van der Waals surface area contributed by atoms with Crippen LogP contribution in [0.4, 0.5) is 0 Å². The monoisotopic (exact) mass is 330 g/mol. The number of likely N-dealkylation sites (tertiary alicyclic amines) is 1. The molecule has 7 heteroatoms. The van der Waals surface area contributed by atoms with Crippen LogP contribution in [-0.2, 0) is 0 Å². The first-order valence-electron chi connectivity index (χ1n) is 8.23.